The second-order valence-electron chi connectivity index (χ2n) is 8.40. The highest BCUT2D eigenvalue weighted by Gasteiger charge is 2.18. The van der Waals surface area contributed by atoms with Crippen molar-refractivity contribution in [2.24, 2.45) is 0 Å². The number of rotatable bonds is 6. The van der Waals surface area contributed by atoms with Crippen molar-refractivity contribution in [3.05, 3.63) is 60.9 Å². The molecule has 4 aromatic rings. The average Bonchev–Trinajstić information content (AvgIpc) is 3.43. The third kappa shape index (κ3) is 4.26. The second-order valence-corrected chi connectivity index (χ2v) is 8.40. The summed E-state index contributed by atoms with van der Waals surface area (Å²) >= 11 is 0. The Morgan fingerprint density at radius 3 is 2.62 bits per heavy atom. The Hall–Kier alpha value is -3.16. The largest absolute Gasteiger partial charge is 0.497 e. The number of imidazole rings is 1. The van der Waals surface area contributed by atoms with E-state index in [0.29, 0.717) is 0 Å². The van der Waals surface area contributed by atoms with Crippen LogP contribution in [0.3, 0.4) is 0 Å². The normalized spacial score (nSPS) is 15.8. The van der Waals surface area contributed by atoms with Gasteiger partial charge in [-0.2, -0.15) is 0 Å². The van der Waals surface area contributed by atoms with Gasteiger partial charge in [-0.15, -0.1) is 0 Å². The number of methoxy groups -OCH3 is 1. The molecular formula is C25H29N5O2. The van der Waals surface area contributed by atoms with Crippen LogP contribution in [0, 0.1) is 0 Å². The summed E-state index contributed by atoms with van der Waals surface area (Å²) in [6, 6.07) is 12.2. The standard InChI is InChI=1S/C25H29N5O2/c1-28-11-3-12-29(15-14-28)13-10-22-25(19-4-7-21(31-2)8-5-19)27-24-9-6-20(17-30(22)24)23-16-26-18-32-23/h4-9,16-18H,3,10-15H2,1-2H3. The molecule has 7 heteroatoms. The molecule has 1 aliphatic rings. The zero-order valence-corrected chi connectivity index (χ0v) is 18.7. The van der Waals surface area contributed by atoms with Crippen molar-refractivity contribution in [3.8, 4) is 28.3 Å². The number of nitrogens with zero attached hydrogens (tertiary/aromatic N) is 5. The van der Waals surface area contributed by atoms with E-state index < -0.39 is 0 Å². The van der Waals surface area contributed by atoms with Gasteiger partial charge in [0, 0.05) is 43.4 Å². The molecule has 32 heavy (non-hydrogen) atoms. The molecule has 0 N–H and O–H groups in total. The second kappa shape index (κ2) is 9.14. The number of aromatic nitrogens is 3. The van der Waals surface area contributed by atoms with E-state index in [0.717, 1.165) is 66.6 Å². The van der Waals surface area contributed by atoms with Crippen molar-refractivity contribution < 1.29 is 9.15 Å². The van der Waals surface area contributed by atoms with Crippen LogP contribution in [0.1, 0.15) is 12.1 Å². The number of fused-ring (bicyclic) bond motifs is 1. The van der Waals surface area contributed by atoms with Crippen molar-refractivity contribution in [3.63, 3.8) is 0 Å². The Bertz CT molecular complexity index is 1170. The molecule has 0 amide bonds. The van der Waals surface area contributed by atoms with E-state index in [4.69, 9.17) is 14.1 Å². The Morgan fingerprint density at radius 1 is 1.00 bits per heavy atom. The van der Waals surface area contributed by atoms with Gasteiger partial charge in [-0.1, -0.05) is 0 Å². The van der Waals surface area contributed by atoms with Gasteiger partial charge in [-0.25, -0.2) is 9.97 Å². The molecule has 0 aliphatic carbocycles. The molecule has 5 rings (SSSR count). The van der Waals surface area contributed by atoms with Gasteiger partial charge >= 0.3 is 0 Å². The molecule has 1 saturated heterocycles. The van der Waals surface area contributed by atoms with Crippen LogP contribution in [-0.4, -0.2) is 71.0 Å². The van der Waals surface area contributed by atoms with Gasteiger partial charge in [-0.3, -0.25) is 0 Å². The first-order chi connectivity index (χ1) is 15.7. The van der Waals surface area contributed by atoms with Crippen LogP contribution >= 0.6 is 0 Å². The summed E-state index contributed by atoms with van der Waals surface area (Å²) in [5.41, 5.74) is 5.26. The molecule has 3 aromatic heterocycles. The van der Waals surface area contributed by atoms with Crippen LogP contribution in [0.4, 0.5) is 0 Å². The summed E-state index contributed by atoms with van der Waals surface area (Å²) in [6.45, 7) is 5.55. The maximum Gasteiger partial charge on any atom is 0.181 e. The summed E-state index contributed by atoms with van der Waals surface area (Å²) in [7, 11) is 3.90. The zero-order valence-electron chi connectivity index (χ0n) is 18.7. The van der Waals surface area contributed by atoms with Gasteiger partial charge in [0.2, 0.25) is 0 Å². The van der Waals surface area contributed by atoms with Crippen molar-refractivity contribution >= 4 is 5.65 Å². The summed E-state index contributed by atoms with van der Waals surface area (Å²) in [5, 5.41) is 0. The lowest BCUT2D eigenvalue weighted by atomic mass is 10.1. The molecule has 0 radical (unpaired) electrons. The minimum absolute atomic E-state index is 0.758. The van der Waals surface area contributed by atoms with Crippen molar-refractivity contribution in [2.75, 3.05) is 46.9 Å². The molecule has 4 heterocycles. The molecule has 0 saturated carbocycles. The van der Waals surface area contributed by atoms with E-state index in [1.807, 2.05) is 18.2 Å². The lowest BCUT2D eigenvalue weighted by molar-refractivity contribution is 0.278. The van der Waals surface area contributed by atoms with E-state index >= 15 is 0 Å². The third-order valence-electron chi connectivity index (χ3n) is 6.27. The Kier molecular flexibility index (Phi) is 5.92. The topological polar surface area (TPSA) is 59.0 Å². The smallest absolute Gasteiger partial charge is 0.181 e. The minimum Gasteiger partial charge on any atom is -0.497 e. The number of oxazole rings is 1. The number of pyridine rings is 1. The van der Waals surface area contributed by atoms with E-state index in [1.54, 1.807) is 13.3 Å². The molecule has 166 valence electrons. The number of hydrogen-bond acceptors (Lipinski definition) is 6. The van der Waals surface area contributed by atoms with Gasteiger partial charge in [-0.05, 0) is 63.0 Å². The minimum atomic E-state index is 0.758. The van der Waals surface area contributed by atoms with Gasteiger partial charge in [0.25, 0.3) is 0 Å². The Morgan fingerprint density at radius 2 is 1.84 bits per heavy atom. The summed E-state index contributed by atoms with van der Waals surface area (Å²) in [5.74, 6) is 1.61. The average molecular weight is 432 g/mol. The van der Waals surface area contributed by atoms with Crippen LogP contribution in [0.15, 0.2) is 59.6 Å². The fourth-order valence-electron chi connectivity index (χ4n) is 4.40. The Labute approximate surface area is 188 Å². The van der Waals surface area contributed by atoms with Gasteiger partial charge in [0.05, 0.1) is 24.7 Å². The van der Waals surface area contributed by atoms with Crippen LogP contribution in [-0.2, 0) is 6.42 Å². The predicted octanol–water partition coefficient (Wildman–Crippen LogP) is 3.84. The van der Waals surface area contributed by atoms with E-state index in [2.05, 4.69) is 50.6 Å². The van der Waals surface area contributed by atoms with Gasteiger partial charge in [0.1, 0.15) is 11.4 Å². The molecule has 1 aliphatic heterocycles. The lowest BCUT2D eigenvalue weighted by Crippen LogP contribution is -2.30. The van der Waals surface area contributed by atoms with Gasteiger partial charge in [0.15, 0.2) is 12.2 Å². The maximum absolute atomic E-state index is 5.53. The van der Waals surface area contributed by atoms with Crippen molar-refractivity contribution in [2.45, 2.75) is 12.8 Å². The van der Waals surface area contributed by atoms with E-state index in [-0.39, 0.29) is 0 Å². The highest BCUT2D eigenvalue weighted by molar-refractivity contribution is 5.69. The first kappa shape index (κ1) is 20.7. The molecule has 1 aromatic carbocycles. The van der Waals surface area contributed by atoms with Gasteiger partial charge < -0.3 is 23.4 Å². The summed E-state index contributed by atoms with van der Waals surface area (Å²) in [4.78, 5) is 14.1. The number of likely N-dealkylation sites (N-methyl/N-ethyl adjacent to an activating group) is 1. The summed E-state index contributed by atoms with van der Waals surface area (Å²) in [6.07, 6.45) is 7.46. The van der Waals surface area contributed by atoms with Crippen LogP contribution in [0.25, 0.3) is 28.2 Å². The molecule has 0 spiro atoms. The molecule has 7 nitrogen and oxygen atoms in total. The highest BCUT2D eigenvalue weighted by Crippen LogP contribution is 2.29. The first-order valence-electron chi connectivity index (χ1n) is 11.2. The zero-order chi connectivity index (χ0) is 21.9. The third-order valence-corrected chi connectivity index (χ3v) is 6.27. The number of benzene rings is 1. The predicted molar refractivity (Wildman–Crippen MR) is 125 cm³/mol. The molecule has 1 fully saturated rings. The molecular weight excluding hydrogens is 402 g/mol. The SMILES string of the molecule is COc1ccc(-c2nc3ccc(-c4cnco4)cn3c2CCN2CCCN(C)CC2)cc1. The highest BCUT2D eigenvalue weighted by atomic mass is 16.5. The fourth-order valence-corrected chi connectivity index (χ4v) is 4.40. The molecule has 0 unspecified atom stereocenters. The van der Waals surface area contributed by atoms with Crippen LogP contribution in [0.2, 0.25) is 0 Å². The Balaban J connectivity index is 1.52. The maximum atomic E-state index is 5.53. The van der Waals surface area contributed by atoms with Crippen molar-refractivity contribution in [1.82, 2.24) is 24.2 Å². The van der Waals surface area contributed by atoms with E-state index in [1.165, 1.54) is 25.1 Å². The van der Waals surface area contributed by atoms with Crippen molar-refractivity contribution in [1.29, 1.82) is 0 Å². The van der Waals surface area contributed by atoms with E-state index in [9.17, 15) is 0 Å². The lowest BCUT2D eigenvalue weighted by Gasteiger charge is -2.20. The first-order valence-corrected chi connectivity index (χ1v) is 11.2. The summed E-state index contributed by atoms with van der Waals surface area (Å²) < 4.78 is 13.1. The quantitative estimate of drug-likeness (QED) is 0.462. The van der Waals surface area contributed by atoms with Crippen LogP contribution < -0.4 is 4.74 Å². The van der Waals surface area contributed by atoms with Crippen LogP contribution in [0.5, 0.6) is 5.75 Å². The molecule has 0 atom stereocenters. The number of ether oxygens (including phenoxy) is 1. The monoisotopic (exact) mass is 431 g/mol. The number of hydrogen-bond donors (Lipinski definition) is 0. The molecule has 0 bridgehead atoms. The fraction of sp³-hybridized carbons (Fsp3) is 0.360.